The molecule has 124 valence electrons. The van der Waals surface area contributed by atoms with Crippen LogP contribution in [0.4, 0.5) is 4.39 Å². The average molecular weight is 324 g/mol. The Morgan fingerprint density at radius 2 is 2.26 bits per heavy atom. The summed E-state index contributed by atoms with van der Waals surface area (Å²) >= 11 is 0. The Balaban J connectivity index is 1.91. The topological polar surface area (TPSA) is 115 Å². The molecule has 3 rings (SSSR count). The maximum absolute atomic E-state index is 12.6. The highest BCUT2D eigenvalue weighted by molar-refractivity contribution is 5.02. The summed E-state index contributed by atoms with van der Waals surface area (Å²) in [5.41, 5.74) is -0.491. The second kappa shape index (κ2) is 6.05. The summed E-state index contributed by atoms with van der Waals surface area (Å²) in [6.45, 7) is 0.554. The lowest BCUT2D eigenvalue weighted by Gasteiger charge is -2.15. The van der Waals surface area contributed by atoms with E-state index in [1.165, 1.54) is 21.6 Å². The number of aromatic nitrogens is 5. The third-order valence-corrected chi connectivity index (χ3v) is 3.87. The van der Waals surface area contributed by atoms with E-state index in [4.69, 9.17) is 4.74 Å². The van der Waals surface area contributed by atoms with Crippen molar-refractivity contribution < 1.29 is 14.2 Å². The van der Waals surface area contributed by atoms with Gasteiger partial charge in [0.25, 0.3) is 5.56 Å². The normalized spacial score (nSPS) is 24.2. The van der Waals surface area contributed by atoms with E-state index in [9.17, 15) is 19.1 Å². The summed E-state index contributed by atoms with van der Waals surface area (Å²) in [4.78, 5) is 25.6. The lowest BCUT2D eigenvalue weighted by atomic mass is 10.1. The number of nitrogens with one attached hydrogen (secondary N) is 1. The van der Waals surface area contributed by atoms with Gasteiger partial charge in [0.15, 0.2) is 0 Å². The minimum Gasteiger partial charge on any atom is -0.394 e. The Labute approximate surface area is 129 Å². The highest BCUT2D eigenvalue weighted by atomic mass is 18.2. The fourth-order valence-electron chi connectivity index (χ4n) is 2.67. The zero-order valence-electron chi connectivity index (χ0n) is 12.3. The van der Waals surface area contributed by atoms with Gasteiger partial charge in [-0.05, 0) is 6.92 Å². The fraction of sp³-hybridized carbons (Fsp3) is 0.538. The van der Waals surface area contributed by atoms with Crippen molar-refractivity contribution in [1.29, 1.82) is 0 Å². The van der Waals surface area contributed by atoms with E-state index in [2.05, 4.69) is 15.3 Å². The molecule has 1 unspecified atom stereocenters. The van der Waals surface area contributed by atoms with Crippen LogP contribution < -0.4 is 11.2 Å². The highest BCUT2D eigenvalue weighted by Crippen LogP contribution is 2.35. The van der Waals surface area contributed by atoms with Crippen LogP contribution in [0.5, 0.6) is 0 Å². The number of nitrogens with zero attached hydrogens (tertiary/aromatic N) is 4. The van der Waals surface area contributed by atoms with Crippen LogP contribution in [0, 0.1) is 6.92 Å². The number of halogens is 1. The largest absolute Gasteiger partial charge is 0.394 e. The first kappa shape index (κ1) is 15.6. The van der Waals surface area contributed by atoms with Crippen molar-refractivity contribution in [3.05, 3.63) is 44.5 Å². The van der Waals surface area contributed by atoms with Gasteiger partial charge in [0.2, 0.25) is 0 Å². The van der Waals surface area contributed by atoms with E-state index in [0.29, 0.717) is 12.0 Å². The smallest absolute Gasteiger partial charge is 0.330 e. The molecule has 3 atom stereocenters. The molecule has 2 N–H and O–H groups in total. The third-order valence-electron chi connectivity index (χ3n) is 3.87. The van der Waals surface area contributed by atoms with Crippen molar-refractivity contribution in [1.82, 2.24) is 24.5 Å². The number of rotatable bonds is 4. The van der Waals surface area contributed by atoms with Crippen molar-refractivity contribution in [2.24, 2.45) is 0 Å². The molecule has 0 spiro atoms. The first-order chi connectivity index (χ1) is 11.0. The van der Waals surface area contributed by atoms with E-state index in [1.54, 1.807) is 6.92 Å². The molecule has 1 fully saturated rings. The van der Waals surface area contributed by atoms with Gasteiger partial charge >= 0.3 is 5.69 Å². The van der Waals surface area contributed by atoms with E-state index in [0.717, 1.165) is 0 Å². The Bertz CT molecular complexity index is 813. The number of aromatic amines is 1. The lowest BCUT2D eigenvalue weighted by molar-refractivity contribution is -0.0323. The molecule has 2 aromatic rings. The van der Waals surface area contributed by atoms with Crippen LogP contribution >= 0.6 is 0 Å². The molecule has 0 bridgehead atoms. The Hall–Kier alpha value is -2.33. The van der Waals surface area contributed by atoms with Crippen LogP contribution in [0.1, 0.15) is 29.9 Å². The molecule has 1 aliphatic heterocycles. The maximum atomic E-state index is 12.6. The summed E-state index contributed by atoms with van der Waals surface area (Å²) in [6, 6.07) is -0.392. The lowest BCUT2D eigenvalue weighted by Crippen LogP contribution is -2.33. The number of hydrogen-bond donors (Lipinski definition) is 2. The number of aryl methyl sites for hydroxylation is 1. The van der Waals surface area contributed by atoms with Gasteiger partial charge in [0.05, 0.1) is 18.8 Å². The molecule has 2 aromatic heterocycles. The van der Waals surface area contributed by atoms with Crippen molar-refractivity contribution >= 4 is 0 Å². The number of alkyl halides is 1. The van der Waals surface area contributed by atoms with Crippen LogP contribution in [0.3, 0.4) is 0 Å². The number of aliphatic hydroxyl groups excluding tert-OH is 1. The van der Waals surface area contributed by atoms with Crippen molar-refractivity contribution in [2.75, 3.05) is 6.61 Å². The molecule has 0 radical (unpaired) electrons. The molecule has 23 heavy (non-hydrogen) atoms. The molecule has 10 heteroatoms. The highest BCUT2D eigenvalue weighted by Gasteiger charge is 2.38. The molecule has 1 saturated heterocycles. The number of ether oxygens (including phenoxy) is 1. The quantitative estimate of drug-likeness (QED) is 0.778. The molecule has 0 aliphatic carbocycles. The summed E-state index contributed by atoms with van der Waals surface area (Å²) in [5, 5.41) is 17.0. The number of aliphatic hydroxyl groups is 1. The van der Waals surface area contributed by atoms with Gasteiger partial charge in [-0.15, -0.1) is 5.10 Å². The monoisotopic (exact) mass is 324 g/mol. The fourth-order valence-corrected chi connectivity index (χ4v) is 2.67. The molecule has 0 saturated carbocycles. The zero-order chi connectivity index (χ0) is 16.6. The van der Waals surface area contributed by atoms with Crippen LogP contribution in [-0.2, 0) is 11.4 Å². The minimum atomic E-state index is -0.737. The predicted octanol–water partition coefficient (Wildman–Crippen LogP) is -0.573. The van der Waals surface area contributed by atoms with Crippen molar-refractivity contribution in [3.8, 4) is 0 Å². The summed E-state index contributed by atoms with van der Waals surface area (Å²) < 4.78 is 21.0. The average Bonchev–Trinajstić information content (AvgIpc) is 3.16. The zero-order valence-corrected chi connectivity index (χ0v) is 12.3. The summed E-state index contributed by atoms with van der Waals surface area (Å²) in [5.74, 6) is 0. The van der Waals surface area contributed by atoms with Gasteiger partial charge in [0, 0.05) is 18.2 Å². The molecular weight excluding hydrogens is 308 g/mol. The van der Waals surface area contributed by atoms with E-state index in [-0.39, 0.29) is 12.3 Å². The van der Waals surface area contributed by atoms with Crippen LogP contribution in [0.2, 0.25) is 0 Å². The second-order valence-corrected chi connectivity index (χ2v) is 5.42. The second-order valence-electron chi connectivity index (χ2n) is 5.42. The van der Waals surface area contributed by atoms with Crippen LogP contribution in [-0.4, -0.2) is 42.4 Å². The SMILES string of the molecule is Cc1cn([C@H]2CC(n3cc(C[18F])nn3)[C@@H](CO)O2)c(=O)[nH]c1=O. The minimum absolute atomic E-state index is 0.183. The molecule has 0 amide bonds. The third kappa shape index (κ3) is 2.82. The Morgan fingerprint density at radius 1 is 1.48 bits per heavy atom. The van der Waals surface area contributed by atoms with Gasteiger partial charge in [-0.3, -0.25) is 14.3 Å². The Kier molecular flexibility index (Phi) is 4.09. The van der Waals surface area contributed by atoms with Crippen LogP contribution in [0.25, 0.3) is 0 Å². The molecule has 0 aromatic carbocycles. The van der Waals surface area contributed by atoms with Gasteiger partial charge in [-0.2, -0.15) is 0 Å². The molecular formula is C13H16FN5O4. The number of H-pyrrole nitrogens is 1. The van der Waals surface area contributed by atoms with E-state index < -0.39 is 36.3 Å². The van der Waals surface area contributed by atoms with Crippen molar-refractivity contribution in [2.45, 2.75) is 38.4 Å². The van der Waals surface area contributed by atoms with Gasteiger partial charge < -0.3 is 9.84 Å². The molecule has 1 aliphatic rings. The first-order valence-electron chi connectivity index (χ1n) is 7.08. The van der Waals surface area contributed by atoms with E-state index in [1.807, 2.05) is 0 Å². The summed E-state index contributed by atoms with van der Waals surface area (Å²) in [7, 11) is 0. The van der Waals surface area contributed by atoms with Crippen LogP contribution in [0.15, 0.2) is 22.0 Å². The summed E-state index contributed by atoms with van der Waals surface area (Å²) in [6.07, 6.45) is 1.90. The Morgan fingerprint density at radius 3 is 2.91 bits per heavy atom. The maximum Gasteiger partial charge on any atom is 0.330 e. The molecule has 9 nitrogen and oxygen atoms in total. The first-order valence-corrected chi connectivity index (χ1v) is 7.08. The predicted molar refractivity (Wildman–Crippen MR) is 75.5 cm³/mol. The van der Waals surface area contributed by atoms with E-state index >= 15 is 0 Å². The van der Waals surface area contributed by atoms with Gasteiger partial charge in [-0.1, -0.05) is 5.21 Å². The standard InChI is InChI=1S/C13H16FN5O4/c1-7-4-18(13(22)15-12(7)21)11-2-9(10(6-20)23-11)19-5-8(3-14)16-17-19/h4-5,9-11,20H,2-3,6H2,1H3,(H,15,21,22)/t9?,10-,11-/m1/s1/i14-1. The van der Waals surface area contributed by atoms with Crippen molar-refractivity contribution in [3.63, 3.8) is 0 Å². The van der Waals surface area contributed by atoms with Gasteiger partial charge in [0.1, 0.15) is 24.7 Å². The molecule has 3 heterocycles. The number of hydrogen-bond acceptors (Lipinski definition) is 6. The van der Waals surface area contributed by atoms with Gasteiger partial charge in [-0.25, -0.2) is 13.9 Å².